The summed E-state index contributed by atoms with van der Waals surface area (Å²) in [5, 5.41) is 0. The van der Waals surface area contributed by atoms with E-state index in [1.54, 1.807) is 6.07 Å². The fraction of sp³-hybridized carbons (Fsp3) is 0.538. The van der Waals surface area contributed by atoms with Crippen LogP contribution in [0.2, 0.25) is 0 Å². The molecule has 0 bridgehead atoms. The summed E-state index contributed by atoms with van der Waals surface area (Å²) in [6.45, 7) is 2.19. The second-order valence-corrected chi connectivity index (χ2v) is 4.85. The number of halogens is 1. The summed E-state index contributed by atoms with van der Waals surface area (Å²) in [4.78, 5) is 0. The molecular weight excluding hydrogens is 205 g/mol. The Morgan fingerprint density at radius 1 is 1.50 bits per heavy atom. The minimum Gasteiger partial charge on any atom is -0.494 e. The van der Waals surface area contributed by atoms with Gasteiger partial charge in [-0.05, 0) is 42.9 Å². The second kappa shape index (κ2) is 4.06. The van der Waals surface area contributed by atoms with Gasteiger partial charge in [0, 0.05) is 5.54 Å². The van der Waals surface area contributed by atoms with Crippen molar-refractivity contribution in [2.45, 2.75) is 31.7 Å². The molecule has 1 aliphatic rings. The van der Waals surface area contributed by atoms with Gasteiger partial charge < -0.3 is 10.5 Å². The van der Waals surface area contributed by atoms with Crippen LogP contribution in [-0.4, -0.2) is 7.11 Å². The van der Waals surface area contributed by atoms with Crippen molar-refractivity contribution in [2.75, 3.05) is 7.11 Å². The summed E-state index contributed by atoms with van der Waals surface area (Å²) in [7, 11) is 1.47. The lowest BCUT2D eigenvalue weighted by Gasteiger charge is -2.25. The molecule has 1 fully saturated rings. The topological polar surface area (TPSA) is 35.2 Å². The first-order valence-electron chi connectivity index (χ1n) is 5.68. The molecule has 2 atom stereocenters. The molecule has 0 amide bonds. The average molecular weight is 223 g/mol. The summed E-state index contributed by atoms with van der Waals surface area (Å²) >= 11 is 0. The van der Waals surface area contributed by atoms with Gasteiger partial charge >= 0.3 is 0 Å². The maximum atomic E-state index is 13.6. The third-order valence-corrected chi connectivity index (χ3v) is 3.52. The van der Waals surface area contributed by atoms with E-state index in [9.17, 15) is 4.39 Å². The van der Waals surface area contributed by atoms with Crippen LogP contribution >= 0.6 is 0 Å². The molecule has 1 aromatic rings. The Kier molecular flexibility index (Phi) is 2.89. The van der Waals surface area contributed by atoms with Crippen molar-refractivity contribution >= 4 is 0 Å². The van der Waals surface area contributed by atoms with Crippen LogP contribution < -0.4 is 10.5 Å². The van der Waals surface area contributed by atoms with Crippen molar-refractivity contribution in [1.82, 2.24) is 0 Å². The monoisotopic (exact) mass is 223 g/mol. The average Bonchev–Trinajstić information content (AvgIpc) is 2.60. The largest absolute Gasteiger partial charge is 0.494 e. The zero-order chi connectivity index (χ0) is 11.8. The van der Waals surface area contributed by atoms with Gasteiger partial charge in [-0.25, -0.2) is 4.39 Å². The van der Waals surface area contributed by atoms with Crippen LogP contribution in [0.4, 0.5) is 4.39 Å². The van der Waals surface area contributed by atoms with Gasteiger partial charge in [0.15, 0.2) is 11.6 Å². The predicted octanol–water partition coefficient (Wildman–Crippen LogP) is 2.81. The maximum Gasteiger partial charge on any atom is 0.165 e. The fourth-order valence-corrected chi connectivity index (χ4v) is 2.57. The molecule has 1 aliphatic carbocycles. The van der Waals surface area contributed by atoms with Crippen molar-refractivity contribution in [3.63, 3.8) is 0 Å². The predicted molar refractivity (Wildman–Crippen MR) is 61.8 cm³/mol. The Morgan fingerprint density at radius 3 is 2.75 bits per heavy atom. The van der Waals surface area contributed by atoms with Gasteiger partial charge in [0.25, 0.3) is 0 Å². The molecule has 0 heterocycles. The standard InChI is InChI=1S/C13H18FNO/c1-9-5-6-13(15,8-9)10-3-4-12(16-2)11(14)7-10/h3-4,7,9H,5-6,8,15H2,1-2H3. The van der Waals surface area contributed by atoms with Gasteiger partial charge in [0.1, 0.15) is 0 Å². The van der Waals surface area contributed by atoms with Crippen molar-refractivity contribution in [1.29, 1.82) is 0 Å². The van der Waals surface area contributed by atoms with E-state index in [-0.39, 0.29) is 17.1 Å². The minimum absolute atomic E-state index is 0.276. The van der Waals surface area contributed by atoms with E-state index < -0.39 is 0 Å². The molecule has 88 valence electrons. The van der Waals surface area contributed by atoms with Gasteiger partial charge in [-0.2, -0.15) is 0 Å². The summed E-state index contributed by atoms with van der Waals surface area (Å²) in [5.41, 5.74) is 6.85. The Morgan fingerprint density at radius 2 is 2.25 bits per heavy atom. The molecule has 0 aromatic heterocycles. The summed E-state index contributed by atoms with van der Waals surface area (Å²) < 4.78 is 18.5. The zero-order valence-electron chi connectivity index (χ0n) is 9.79. The Bertz CT molecular complexity index is 394. The number of methoxy groups -OCH3 is 1. The molecule has 2 unspecified atom stereocenters. The Labute approximate surface area is 95.6 Å². The van der Waals surface area contributed by atoms with Crippen molar-refractivity contribution in [3.05, 3.63) is 29.6 Å². The number of ether oxygens (including phenoxy) is 1. The summed E-state index contributed by atoms with van der Waals surface area (Å²) in [6.07, 6.45) is 2.98. The Balaban J connectivity index is 2.31. The molecular formula is C13H18FNO. The molecule has 0 radical (unpaired) electrons. The number of benzene rings is 1. The minimum atomic E-state index is -0.355. The van der Waals surface area contributed by atoms with Crippen LogP contribution in [0, 0.1) is 11.7 Å². The number of nitrogens with two attached hydrogens (primary N) is 1. The SMILES string of the molecule is COc1ccc(C2(N)CCC(C)C2)cc1F. The molecule has 2 nitrogen and oxygen atoms in total. The zero-order valence-corrected chi connectivity index (χ0v) is 9.79. The Hall–Kier alpha value is -1.09. The van der Waals surface area contributed by atoms with Gasteiger partial charge in [0.2, 0.25) is 0 Å². The first-order valence-corrected chi connectivity index (χ1v) is 5.68. The van der Waals surface area contributed by atoms with E-state index in [1.165, 1.54) is 13.2 Å². The molecule has 2 N–H and O–H groups in total. The molecule has 1 saturated carbocycles. The lowest BCUT2D eigenvalue weighted by molar-refractivity contribution is 0.382. The van der Waals surface area contributed by atoms with Gasteiger partial charge in [-0.1, -0.05) is 13.0 Å². The van der Waals surface area contributed by atoms with Crippen LogP contribution in [-0.2, 0) is 5.54 Å². The fourth-order valence-electron chi connectivity index (χ4n) is 2.57. The highest BCUT2D eigenvalue weighted by molar-refractivity contribution is 5.34. The number of hydrogen-bond acceptors (Lipinski definition) is 2. The third kappa shape index (κ3) is 1.92. The molecule has 0 aliphatic heterocycles. The van der Waals surface area contributed by atoms with E-state index in [0.29, 0.717) is 5.92 Å². The molecule has 16 heavy (non-hydrogen) atoms. The molecule has 2 rings (SSSR count). The highest BCUT2D eigenvalue weighted by atomic mass is 19.1. The van der Waals surface area contributed by atoms with E-state index in [1.807, 2.05) is 6.07 Å². The summed E-state index contributed by atoms with van der Waals surface area (Å²) in [6, 6.07) is 5.04. The molecule has 1 aromatic carbocycles. The van der Waals surface area contributed by atoms with Crippen molar-refractivity contribution in [2.24, 2.45) is 11.7 Å². The maximum absolute atomic E-state index is 13.6. The third-order valence-electron chi connectivity index (χ3n) is 3.52. The first kappa shape index (κ1) is 11.4. The van der Waals surface area contributed by atoms with Crippen LogP contribution in [0.25, 0.3) is 0 Å². The van der Waals surface area contributed by atoms with Crippen molar-refractivity contribution in [3.8, 4) is 5.75 Å². The second-order valence-electron chi connectivity index (χ2n) is 4.85. The van der Waals surface area contributed by atoms with Gasteiger partial charge in [-0.15, -0.1) is 0 Å². The van der Waals surface area contributed by atoms with Crippen molar-refractivity contribution < 1.29 is 9.13 Å². The van der Waals surface area contributed by atoms with Crippen LogP contribution in [0.1, 0.15) is 31.7 Å². The first-order chi connectivity index (χ1) is 7.55. The highest BCUT2D eigenvalue weighted by Gasteiger charge is 2.35. The summed E-state index contributed by atoms with van der Waals surface area (Å²) in [5.74, 6) is 0.568. The van der Waals surface area contributed by atoms with Crippen LogP contribution in [0.5, 0.6) is 5.75 Å². The molecule has 0 spiro atoms. The number of hydrogen-bond donors (Lipinski definition) is 1. The van der Waals surface area contributed by atoms with Crippen LogP contribution in [0.15, 0.2) is 18.2 Å². The van der Waals surface area contributed by atoms with Gasteiger partial charge in [0.05, 0.1) is 7.11 Å². The molecule has 0 saturated heterocycles. The smallest absolute Gasteiger partial charge is 0.165 e. The highest BCUT2D eigenvalue weighted by Crippen LogP contribution is 2.40. The van der Waals surface area contributed by atoms with E-state index in [2.05, 4.69) is 6.92 Å². The van der Waals surface area contributed by atoms with E-state index in [4.69, 9.17) is 10.5 Å². The normalized spacial score (nSPS) is 29.4. The lowest BCUT2D eigenvalue weighted by atomic mass is 9.88. The quantitative estimate of drug-likeness (QED) is 0.836. The lowest BCUT2D eigenvalue weighted by Crippen LogP contribution is -2.33. The van der Waals surface area contributed by atoms with Gasteiger partial charge in [-0.3, -0.25) is 0 Å². The van der Waals surface area contributed by atoms with E-state index in [0.717, 1.165) is 24.8 Å². The number of rotatable bonds is 2. The van der Waals surface area contributed by atoms with E-state index >= 15 is 0 Å². The van der Waals surface area contributed by atoms with Crippen LogP contribution in [0.3, 0.4) is 0 Å². The molecule has 3 heteroatoms.